The minimum absolute atomic E-state index is 0.119. The summed E-state index contributed by atoms with van der Waals surface area (Å²) in [4.78, 5) is 53.5. The number of esters is 1. The van der Waals surface area contributed by atoms with Crippen LogP contribution in [0.4, 0.5) is 0 Å². The van der Waals surface area contributed by atoms with Crippen LogP contribution in [0.1, 0.15) is 40.0 Å². The molecule has 0 radical (unpaired) electrons. The molecule has 136 valence electrons. The number of hydrogen-bond acceptors (Lipinski definition) is 6. The topological polar surface area (TPSA) is 84.0 Å². The Balaban J connectivity index is 1.67. The molecule has 0 aliphatic carbocycles. The molecular weight excluding hydrogens is 356 g/mol. The van der Waals surface area contributed by atoms with E-state index in [2.05, 4.69) is 0 Å². The van der Waals surface area contributed by atoms with Crippen LogP contribution >= 0.6 is 11.8 Å². The zero-order chi connectivity index (χ0) is 18.4. The number of hydrogen-bond donors (Lipinski definition) is 0. The second-order valence-electron chi connectivity index (χ2n) is 6.55. The first kappa shape index (κ1) is 17.1. The summed E-state index contributed by atoms with van der Waals surface area (Å²) in [6, 6.07) is 5.05. The number of nitrogens with zero attached hydrogens (tertiary/aromatic N) is 2. The van der Waals surface area contributed by atoms with Crippen molar-refractivity contribution >= 4 is 35.5 Å². The summed E-state index contributed by atoms with van der Waals surface area (Å²) < 4.78 is 4.83. The Kier molecular flexibility index (Phi) is 4.22. The number of rotatable bonds is 2. The summed E-state index contributed by atoms with van der Waals surface area (Å²) in [6.45, 7) is 0. The molecule has 2 fully saturated rings. The molecule has 3 aliphatic heterocycles. The number of ether oxygens (including phenoxy) is 1. The Morgan fingerprint density at radius 1 is 1.12 bits per heavy atom. The van der Waals surface area contributed by atoms with Crippen molar-refractivity contribution in [2.45, 2.75) is 36.7 Å². The van der Waals surface area contributed by atoms with Gasteiger partial charge in [0, 0.05) is 5.75 Å². The zero-order valence-corrected chi connectivity index (χ0v) is 15.0. The van der Waals surface area contributed by atoms with Crippen LogP contribution in [0.3, 0.4) is 0 Å². The van der Waals surface area contributed by atoms with E-state index in [1.54, 1.807) is 36.0 Å². The lowest BCUT2D eigenvalue weighted by Crippen LogP contribution is -2.54. The molecule has 0 unspecified atom stereocenters. The molecule has 8 heteroatoms. The SMILES string of the molecule is COC(=O)[C@H]1CS[C@H]2CCC[C@@H](N3C(=O)c4ccccc4C3=O)C(=O)N21. The van der Waals surface area contributed by atoms with E-state index in [9.17, 15) is 19.2 Å². The predicted molar refractivity (Wildman–Crippen MR) is 93.5 cm³/mol. The summed E-state index contributed by atoms with van der Waals surface area (Å²) in [5.74, 6) is -1.22. The van der Waals surface area contributed by atoms with Gasteiger partial charge in [-0.25, -0.2) is 4.79 Å². The Morgan fingerprint density at radius 2 is 1.77 bits per heavy atom. The molecule has 2 saturated heterocycles. The summed E-state index contributed by atoms with van der Waals surface area (Å²) in [7, 11) is 1.30. The fraction of sp³-hybridized carbons (Fsp3) is 0.444. The number of methoxy groups -OCH3 is 1. The van der Waals surface area contributed by atoms with Crippen LogP contribution in [0.25, 0.3) is 0 Å². The first-order chi connectivity index (χ1) is 12.5. The third-order valence-corrected chi connectivity index (χ3v) is 6.53. The molecule has 4 rings (SSSR count). The highest BCUT2D eigenvalue weighted by Gasteiger charge is 2.50. The number of amides is 3. The van der Waals surface area contributed by atoms with Gasteiger partial charge in [0.2, 0.25) is 5.91 Å². The van der Waals surface area contributed by atoms with Crippen LogP contribution < -0.4 is 0 Å². The number of imide groups is 1. The van der Waals surface area contributed by atoms with Crippen LogP contribution in [0.15, 0.2) is 24.3 Å². The Bertz CT molecular complexity index is 776. The van der Waals surface area contributed by atoms with E-state index in [4.69, 9.17) is 4.74 Å². The number of carbonyl (C=O) groups excluding carboxylic acids is 4. The number of benzene rings is 1. The third-order valence-electron chi connectivity index (χ3n) is 5.17. The van der Waals surface area contributed by atoms with E-state index < -0.39 is 29.9 Å². The highest BCUT2D eigenvalue weighted by Crippen LogP contribution is 2.38. The molecule has 0 saturated carbocycles. The maximum absolute atomic E-state index is 13.2. The van der Waals surface area contributed by atoms with Crippen molar-refractivity contribution in [3.8, 4) is 0 Å². The fourth-order valence-electron chi connectivity index (χ4n) is 3.91. The van der Waals surface area contributed by atoms with Gasteiger partial charge in [0.15, 0.2) is 0 Å². The maximum Gasteiger partial charge on any atom is 0.329 e. The van der Waals surface area contributed by atoms with Gasteiger partial charge in [-0.3, -0.25) is 19.3 Å². The van der Waals surface area contributed by atoms with Crippen molar-refractivity contribution < 1.29 is 23.9 Å². The van der Waals surface area contributed by atoms with Gasteiger partial charge < -0.3 is 9.64 Å². The smallest absolute Gasteiger partial charge is 0.329 e. The van der Waals surface area contributed by atoms with Gasteiger partial charge in [-0.1, -0.05) is 12.1 Å². The quantitative estimate of drug-likeness (QED) is 0.573. The van der Waals surface area contributed by atoms with Crippen molar-refractivity contribution in [1.29, 1.82) is 0 Å². The molecule has 3 atom stereocenters. The monoisotopic (exact) mass is 374 g/mol. The third kappa shape index (κ3) is 2.43. The van der Waals surface area contributed by atoms with Gasteiger partial charge in [-0.15, -0.1) is 11.8 Å². The molecule has 7 nitrogen and oxygen atoms in total. The summed E-state index contributed by atoms with van der Waals surface area (Å²) in [5, 5.41) is -0.119. The van der Waals surface area contributed by atoms with Crippen LogP contribution in [0, 0.1) is 0 Å². The summed E-state index contributed by atoms with van der Waals surface area (Å²) >= 11 is 1.54. The van der Waals surface area contributed by atoms with Gasteiger partial charge in [0.25, 0.3) is 11.8 Å². The molecule has 0 spiro atoms. The van der Waals surface area contributed by atoms with E-state index >= 15 is 0 Å². The van der Waals surface area contributed by atoms with Crippen molar-refractivity contribution in [3.05, 3.63) is 35.4 Å². The minimum atomic E-state index is -0.877. The Morgan fingerprint density at radius 3 is 2.38 bits per heavy atom. The average molecular weight is 374 g/mol. The molecule has 0 bridgehead atoms. The normalized spacial score (nSPS) is 28.0. The Labute approximate surface area is 154 Å². The predicted octanol–water partition coefficient (Wildman–Crippen LogP) is 1.28. The number of thioether (sulfide) groups is 1. The van der Waals surface area contributed by atoms with E-state index in [0.717, 1.165) is 11.3 Å². The molecule has 0 aromatic heterocycles. The van der Waals surface area contributed by atoms with Gasteiger partial charge in [-0.2, -0.15) is 0 Å². The van der Waals surface area contributed by atoms with Crippen molar-refractivity contribution in [1.82, 2.24) is 9.80 Å². The van der Waals surface area contributed by atoms with Crippen LogP contribution in [-0.4, -0.2) is 63.8 Å². The van der Waals surface area contributed by atoms with E-state index in [1.807, 2.05) is 0 Å². The molecule has 26 heavy (non-hydrogen) atoms. The van der Waals surface area contributed by atoms with Crippen LogP contribution in [0.2, 0.25) is 0 Å². The van der Waals surface area contributed by atoms with Gasteiger partial charge >= 0.3 is 5.97 Å². The van der Waals surface area contributed by atoms with Crippen molar-refractivity contribution in [2.75, 3.05) is 12.9 Å². The van der Waals surface area contributed by atoms with E-state index in [1.165, 1.54) is 12.0 Å². The van der Waals surface area contributed by atoms with E-state index in [0.29, 0.717) is 29.7 Å². The first-order valence-electron chi connectivity index (χ1n) is 8.53. The standard InChI is InChI=1S/C18H18N2O5S/c1-25-18(24)13-9-26-14-8-4-7-12(17(23)19(13)14)20-15(21)10-5-2-3-6-11(10)16(20)22/h2-3,5-6,12-14H,4,7-9H2,1H3/t12-,13-,14+/m1/s1. The molecule has 3 amide bonds. The molecule has 1 aromatic rings. The lowest BCUT2D eigenvalue weighted by Gasteiger charge is -2.31. The second-order valence-corrected chi connectivity index (χ2v) is 7.76. The largest absolute Gasteiger partial charge is 0.467 e. The lowest BCUT2D eigenvalue weighted by molar-refractivity contribution is -0.152. The maximum atomic E-state index is 13.2. The zero-order valence-electron chi connectivity index (χ0n) is 14.2. The van der Waals surface area contributed by atoms with Crippen LogP contribution in [0.5, 0.6) is 0 Å². The number of fused-ring (bicyclic) bond motifs is 2. The molecule has 0 N–H and O–H groups in total. The summed E-state index contributed by atoms with van der Waals surface area (Å²) in [6.07, 6.45) is 1.83. The lowest BCUT2D eigenvalue weighted by atomic mass is 10.1. The van der Waals surface area contributed by atoms with E-state index in [-0.39, 0.29) is 11.3 Å². The highest BCUT2D eigenvalue weighted by atomic mass is 32.2. The molecule has 1 aromatic carbocycles. The second kappa shape index (κ2) is 6.42. The van der Waals surface area contributed by atoms with Gasteiger partial charge in [-0.05, 0) is 31.4 Å². The average Bonchev–Trinajstić information content (AvgIpc) is 3.13. The van der Waals surface area contributed by atoms with Crippen LogP contribution in [-0.2, 0) is 14.3 Å². The molecular formula is C18H18N2O5S. The van der Waals surface area contributed by atoms with Crippen molar-refractivity contribution in [2.24, 2.45) is 0 Å². The molecule has 3 aliphatic rings. The van der Waals surface area contributed by atoms with Gasteiger partial charge in [0.05, 0.1) is 23.6 Å². The number of carbonyl (C=O) groups is 4. The first-order valence-corrected chi connectivity index (χ1v) is 9.58. The van der Waals surface area contributed by atoms with Crippen molar-refractivity contribution in [3.63, 3.8) is 0 Å². The molecule has 3 heterocycles. The van der Waals surface area contributed by atoms with Gasteiger partial charge in [0.1, 0.15) is 12.1 Å². The summed E-state index contributed by atoms with van der Waals surface area (Å²) in [5.41, 5.74) is 0.651. The fourth-order valence-corrected chi connectivity index (χ4v) is 5.36. The Hall–Kier alpha value is -2.35. The minimum Gasteiger partial charge on any atom is -0.467 e. The highest BCUT2D eigenvalue weighted by molar-refractivity contribution is 8.00.